The third-order valence-corrected chi connectivity index (χ3v) is 6.60. The predicted molar refractivity (Wildman–Crippen MR) is 127 cm³/mol. The molecule has 10 heteroatoms. The number of aromatic nitrogens is 2. The smallest absolute Gasteiger partial charge is 0.262 e. The molecule has 2 aliphatic heterocycles. The molecule has 1 atom stereocenters. The molecule has 0 spiro atoms. The van der Waals surface area contributed by atoms with Crippen molar-refractivity contribution < 1.29 is 24.0 Å². The highest BCUT2D eigenvalue weighted by atomic mass is 16.2. The Kier molecular flexibility index (Phi) is 5.71. The van der Waals surface area contributed by atoms with Gasteiger partial charge in [-0.2, -0.15) is 5.10 Å². The van der Waals surface area contributed by atoms with Gasteiger partial charge in [0.25, 0.3) is 23.6 Å². The summed E-state index contributed by atoms with van der Waals surface area (Å²) in [7, 11) is 0. The summed E-state index contributed by atoms with van der Waals surface area (Å²) in [6, 6.07) is 13.9. The van der Waals surface area contributed by atoms with Crippen LogP contribution >= 0.6 is 0 Å². The second kappa shape index (κ2) is 8.88. The van der Waals surface area contributed by atoms with Crippen molar-refractivity contribution in [3.8, 4) is 0 Å². The molecule has 5 rings (SSSR count). The molecule has 2 aromatic carbocycles. The van der Waals surface area contributed by atoms with Crippen LogP contribution in [0, 0.1) is 0 Å². The number of imide groups is 2. The zero-order valence-corrected chi connectivity index (χ0v) is 19.5. The van der Waals surface area contributed by atoms with E-state index in [1.54, 1.807) is 6.20 Å². The van der Waals surface area contributed by atoms with Crippen molar-refractivity contribution in [3.63, 3.8) is 0 Å². The van der Waals surface area contributed by atoms with Crippen molar-refractivity contribution in [2.24, 2.45) is 0 Å². The lowest BCUT2D eigenvalue weighted by Gasteiger charge is -2.38. The van der Waals surface area contributed by atoms with Crippen LogP contribution in [0.3, 0.4) is 0 Å². The Bertz CT molecular complexity index is 1400. The first-order valence-corrected chi connectivity index (χ1v) is 11.5. The van der Waals surface area contributed by atoms with Gasteiger partial charge in [-0.05, 0) is 48.7 Å². The first kappa shape index (κ1) is 23.2. The maximum atomic E-state index is 13.1. The van der Waals surface area contributed by atoms with Crippen LogP contribution in [0.15, 0.2) is 60.9 Å². The highest BCUT2D eigenvalue weighted by molar-refractivity contribution is 6.24. The van der Waals surface area contributed by atoms with Crippen LogP contribution < -0.4 is 10.6 Å². The van der Waals surface area contributed by atoms with Crippen molar-refractivity contribution in [2.75, 3.05) is 0 Å². The van der Waals surface area contributed by atoms with Gasteiger partial charge in [-0.15, -0.1) is 0 Å². The molecule has 3 heterocycles. The highest BCUT2D eigenvalue weighted by Crippen LogP contribution is 2.34. The minimum atomic E-state index is -1.48. The van der Waals surface area contributed by atoms with Gasteiger partial charge in [-0.3, -0.25) is 38.9 Å². The maximum Gasteiger partial charge on any atom is 0.262 e. The minimum absolute atomic E-state index is 0.0214. The monoisotopic (exact) mass is 485 g/mol. The molecular weight excluding hydrogens is 462 g/mol. The van der Waals surface area contributed by atoms with E-state index in [-0.39, 0.29) is 36.1 Å². The zero-order chi connectivity index (χ0) is 25.4. The Labute approximate surface area is 206 Å². The standard InChI is InChI=1S/C26H23N5O5/c1-26(10-9-21(32)29-25(26)36)31-23(34)19-8-7-18(13-20(19)24(31)35)22(33)27-14-16-3-5-17(6-4-16)15-30-12-2-11-28-30/h2-8,11-13H,9-10,14-15H2,1H3,(H,27,33)(H,29,32,36). The van der Waals surface area contributed by atoms with Gasteiger partial charge in [0.2, 0.25) is 5.91 Å². The lowest BCUT2D eigenvalue weighted by Crippen LogP contribution is -2.62. The number of hydrogen-bond donors (Lipinski definition) is 2. The summed E-state index contributed by atoms with van der Waals surface area (Å²) in [5.41, 5.74) is 0.895. The van der Waals surface area contributed by atoms with E-state index in [1.165, 1.54) is 25.1 Å². The van der Waals surface area contributed by atoms with E-state index in [0.29, 0.717) is 6.54 Å². The molecular formula is C26H23N5O5. The molecule has 1 fully saturated rings. The van der Waals surface area contributed by atoms with Crippen molar-refractivity contribution in [1.82, 2.24) is 25.3 Å². The number of hydrogen-bond acceptors (Lipinski definition) is 6. The van der Waals surface area contributed by atoms with Crippen molar-refractivity contribution in [2.45, 2.75) is 38.4 Å². The molecule has 3 aromatic rings. The second-order valence-electron chi connectivity index (χ2n) is 9.06. The fourth-order valence-electron chi connectivity index (χ4n) is 4.47. The number of piperidine rings is 1. The Hall–Kier alpha value is -4.60. The summed E-state index contributed by atoms with van der Waals surface area (Å²) in [4.78, 5) is 63.9. The van der Waals surface area contributed by atoms with Crippen LogP contribution in [0.4, 0.5) is 0 Å². The van der Waals surface area contributed by atoms with Crippen LogP contribution in [-0.4, -0.2) is 49.8 Å². The summed E-state index contributed by atoms with van der Waals surface area (Å²) in [6.45, 7) is 2.39. The molecule has 2 N–H and O–H groups in total. The third kappa shape index (κ3) is 4.06. The summed E-state index contributed by atoms with van der Waals surface area (Å²) >= 11 is 0. The molecule has 182 valence electrons. The Morgan fingerprint density at radius 1 is 1.03 bits per heavy atom. The number of benzene rings is 2. The van der Waals surface area contributed by atoms with Crippen molar-refractivity contribution >= 4 is 29.5 Å². The quantitative estimate of drug-likeness (QED) is 0.511. The van der Waals surface area contributed by atoms with Gasteiger partial charge in [0.05, 0.1) is 17.7 Å². The van der Waals surface area contributed by atoms with E-state index >= 15 is 0 Å². The average Bonchev–Trinajstić information content (AvgIpc) is 3.47. The van der Waals surface area contributed by atoms with E-state index in [1.807, 2.05) is 41.2 Å². The molecule has 1 saturated heterocycles. The lowest BCUT2D eigenvalue weighted by molar-refractivity contribution is -0.140. The lowest BCUT2D eigenvalue weighted by atomic mass is 9.89. The molecule has 1 aromatic heterocycles. The van der Waals surface area contributed by atoms with Crippen LogP contribution in [0.5, 0.6) is 0 Å². The normalized spacial score (nSPS) is 19.3. The van der Waals surface area contributed by atoms with Gasteiger partial charge in [0.15, 0.2) is 0 Å². The number of nitrogens with zero attached hydrogens (tertiary/aromatic N) is 3. The second-order valence-corrected chi connectivity index (χ2v) is 9.06. The Morgan fingerprint density at radius 3 is 2.44 bits per heavy atom. The number of nitrogens with one attached hydrogen (secondary N) is 2. The van der Waals surface area contributed by atoms with E-state index < -0.39 is 35.1 Å². The molecule has 0 saturated carbocycles. The fourth-order valence-corrected chi connectivity index (χ4v) is 4.47. The molecule has 0 aliphatic carbocycles. The Balaban J connectivity index is 1.27. The number of fused-ring (bicyclic) bond motifs is 1. The number of carbonyl (C=O) groups excluding carboxylic acids is 5. The summed E-state index contributed by atoms with van der Waals surface area (Å²) < 4.78 is 1.82. The SMILES string of the molecule is CC1(N2C(=O)c3ccc(C(=O)NCc4ccc(Cn5cccn5)cc4)cc3C2=O)CCC(=O)NC1=O. The number of amides is 5. The van der Waals surface area contributed by atoms with Gasteiger partial charge in [-0.25, -0.2) is 0 Å². The van der Waals surface area contributed by atoms with Crippen LogP contribution in [-0.2, 0) is 22.7 Å². The molecule has 0 radical (unpaired) electrons. The largest absolute Gasteiger partial charge is 0.348 e. The molecule has 0 bridgehead atoms. The number of rotatable bonds is 6. The van der Waals surface area contributed by atoms with Gasteiger partial charge < -0.3 is 5.32 Å². The summed E-state index contributed by atoms with van der Waals surface area (Å²) in [5.74, 6) is -2.82. The van der Waals surface area contributed by atoms with E-state index in [4.69, 9.17) is 0 Å². The number of carbonyl (C=O) groups is 5. The summed E-state index contributed by atoms with van der Waals surface area (Å²) in [5, 5.41) is 9.20. The zero-order valence-electron chi connectivity index (χ0n) is 19.5. The topological polar surface area (TPSA) is 130 Å². The van der Waals surface area contributed by atoms with Crippen LogP contribution in [0.25, 0.3) is 0 Å². The Morgan fingerprint density at radius 2 is 1.75 bits per heavy atom. The predicted octanol–water partition coefficient (Wildman–Crippen LogP) is 1.65. The van der Waals surface area contributed by atoms with Crippen LogP contribution in [0.1, 0.15) is 62.0 Å². The van der Waals surface area contributed by atoms with Crippen molar-refractivity contribution in [3.05, 3.63) is 88.7 Å². The van der Waals surface area contributed by atoms with Crippen LogP contribution in [0.2, 0.25) is 0 Å². The van der Waals surface area contributed by atoms with E-state index in [2.05, 4.69) is 15.7 Å². The molecule has 5 amide bonds. The average molecular weight is 486 g/mol. The van der Waals surface area contributed by atoms with E-state index in [9.17, 15) is 24.0 Å². The van der Waals surface area contributed by atoms with Gasteiger partial charge in [0, 0.05) is 30.9 Å². The molecule has 36 heavy (non-hydrogen) atoms. The minimum Gasteiger partial charge on any atom is -0.348 e. The van der Waals surface area contributed by atoms with Crippen molar-refractivity contribution in [1.29, 1.82) is 0 Å². The highest BCUT2D eigenvalue weighted by Gasteiger charge is 2.52. The molecule has 2 aliphatic rings. The summed E-state index contributed by atoms with van der Waals surface area (Å²) in [6.07, 6.45) is 3.66. The first-order valence-electron chi connectivity index (χ1n) is 11.5. The van der Waals surface area contributed by atoms with Gasteiger partial charge >= 0.3 is 0 Å². The molecule has 1 unspecified atom stereocenters. The third-order valence-electron chi connectivity index (χ3n) is 6.60. The van der Waals surface area contributed by atoms with Gasteiger partial charge in [0.1, 0.15) is 5.54 Å². The fraction of sp³-hybridized carbons (Fsp3) is 0.231. The first-order chi connectivity index (χ1) is 17.3. The van der Waals surface area contributed by atoms with E-state index in [0.717, 1.165) is 16.0 Å². The van der Waals surface area contributed by atoms with Gasteiger partial charge in [-0.1, -0.05) is 24.3 Å². The maximum absolute atomic E-state index is 13.1. The molecule has 10 nitrogen and oxygen atoms in total.